The van der Waals surface area contributed by atoms with Gasteiger partial charge in [-0.2, -0.15) is 0 Å². The van der Waals surface area contributed by atoms with Crippen LogP contribution in [-0.2, 0) is 14.3 Å². The van der Waals surface area contributed by atoms with Crippen LogP contribution in [0.4, 0.5) is 4.79 Å². The highest BCUT2D eigenvalue weighted by atomic mass is 32.2. The topological polar surface area (TPSA) is 105 Å². The van der Waals surface area contributed by atoms with Crippen LogP contribution in [0, 0.1) is 0 Å². The summed E-state index contributed by atoms with van der Waals surface area (Å²) in [6.45, 7) is -0.556. The molecule has 0 unspecified atom stereocenters. The standard InChI is InChI=1S/C24H33N3O5S/c1-27(18-11-3-2-4-12-18)22(29)16-33-20-14-8-7-13-19(20)23(30)32-15-21(28)26-24(31)25-17-9-5-6-10-17/h7-8,13-14,17-18H,2-6,9-12,15-16H2,1H3,(H2,25,26,28,31). The van der Waals surface area contributed by atoms with Gasteiger partial charge in [-0.3, -0.25) is 14.9 Å². The minimum atomic E-state index is -0.687. The molecule has 8 nitrogen and oxygen atoms in total. The number of nitrogens with zero attached hydrogens (tertiary/aromatic N) is 1. The monoisotopic (exact) mass is 475 g/mol. The lowest BCUT2D eigenvalue weighted by molar-refractivity contribution is -0.129. The lowest BCUT2D eigenvalue weighted by Crippen LogP contribution is -2.45. The molecule has 2 aliphatic carbocycles. The summed E-state index contributed by atoms with van der Waals surface area (Å²) < 4.78 is 5.11. The van der Waals surface area contributed by atoms with E-state index in [0.29, 0.717) is 10.5 Å². The van der Waals surface area contributed by atoms with Crippen LogP contribution < -0.4 is 10.6 Å². The summed E-state index contributed by atoms with van der Waals surface area (Å²) in [6.07, 6.45) is 9.56. The number of nitrogens with one attached hydrogen (secondary N) is 2. The largest absolute Gasteiger partial charge is 0.452 e. The number of benzene rings is 1. The van der Waals surface area contributed by atoms with Crippen molar-refractivity contribution in [3.05, 3.63) is 29.8 Å². The van der Waals surface area contributed by atoms with Crippen molar-refractivity contribution in [3.8, 4) is 0 Å². The Morgan fingerprint density at radius 3 is 2.39 bits per heavy atom. The molecular formula is C24H33N3O5S. The van der Waals surface area contributed by atoms with E-state index in [0.717, 1.165) is 51.4 Å². The Hall–Kier alpha value is -2.55. The number of thioether (sulfide) groups is 1. The second kappa shape index (κ2) is 12.6. The third-order valence-electron chi connectivity index (χ3n) is 6.25. The summed E-state index contributed by atoms with van der Waals surface area (Å²) in [5.74, 6) is -1.10. The van der Waals surface area contributed by atoms with Crippen LogP contribution in [0.5, 0.6) is 0 Å². The first-order valence-electron chi connectivity index (χ1n) is 11.7. The van der Waals surface area contributed by atoms with Crippen molar-refractivity contribution in [2.45, 2.75) is 74.8 Å². The number of imide groups is 1. The molecule has 3 rings (SSSR count). The molecule has 33 heavy (non-hydrogen) atoms. The van der Waals surface area contributed by atoms with Crippen molar-refractivity contribution < 1.29 is 23.9 Å². The lowest BCUT2D eigenvalue weighted by Gasteiger charge is -2.31. The Morgan fingerprint density at radius 2 is 1.67 bits per heavy atom. The highest BCUT2D eigenvalue weighted by Gasteiger charge is 2.23. The molecule has 9 heteroatoms. The van der Waals surface area contributed by atoms with Gasteiger partial charge in [0.25, 0.3) is 5.91 Å². The fourth-order valence-corrected chi connectivity index (χ4v) is 5.30. The molecule has 2 aliphatic rings. The maximum Gasteiger partial charge on any atom is 0.339 e. The predicted octanol–water partition coefficient (Wildman–Crippen LogP) is 3.50. The van der Waals surface area contributed by atoms with Crippen LogP contribution in [0.15, 0.2) is 29.2 Å². The van der Waals surface area contributed by atoms with E-state index in [1.165, 1.54) is 18.2 Å². The fraction of sp³-hybridized carbons (Fsp3) is 0.583. The third kappa shape index (κ3) is 7.77. The zero-order chi connectivity index (χ0) is 23.6. The molecule has 0 atom stereocenters. The number of rotatable bonds is 8. The number of esters is 1. The van der Waals surface area contributed by atoms with E-state index in [-0.39, 0.29) is 23.7 Å². The van der Waals surface area contributed by atoms with Crippen molar-refractivity contribution in [1.29, 1.82) is 0 Å². The van der Waals surface area contributed by atoms with Crippen LogP contribution >= 0.6 is 11.8 Å². The number of hydrogen-bond donors (Lipinski definition) is 2. The predicted molar refractivity (Wildman–Crippen MR) is 126 cm³/mol. The second-order valence-electron chi connectivity index (χ2n) is 8.66. The van der Waals surface area contributed by atoms with Gasteiger partial charge in [0.15, 0.2) is 6.61 Å². The number of amides is 4. The van der Waals surface area contributed by atoms with Crippen molar-refractivity contribution in [2.24, 2.45) is 0 Å². The molecule has 4 amide bonds. The van der Waals surface area contributed by atoms with Crippen LogP contribution in [0.2, 0.25) is 0 Å². The molecule has 0 heterocycles. The van der Waals surface area contributed by atoms with Crippen LogP contribution in [0.1, 0.15) is 68.1 Å². The number of hydrogen-bond acceptors (Lipinski definition) is 6. The van der Waals surface area contributed by atoms with E-state index in [1.807, 2.05) is 11.9 Å². The van der Waals surface area contributed by atoms with E-state index >= 15 is 0 Å². The molecule has 0 spiro atoms. The summed E-state index contributed by atoms with van der Waals surface area (Å²) in [7, 11) is 1.85. The zero-order valence-corrected chi connectivity index (χ0v) is 20.0. The van der Waals surface area contributed by atoms with E-state index in [2.05, 4.69) is 10.6 Å². The summed E-state index contributed by atoms with van der Waals surface area (Å²) in [4.78, 5) is 51.5. The molecule has 2 fully saturated rings. The molecule has 0 aliphatic heterocycles. The number of ether oxygens (including phenoxy) is 1. The van der Waals surface area contributed by atoms with Gasteiger partial charge < -0.3 is 15.0 Å². The second-order valence-corrected chi connectivity index (χ2v) is 9.68. The zero-order valence-electron chi connectivity index (χ0n) is 19.1. The molecule has 1 aromatic carbocycles. The number of carbonyl (C=O) groups is 4. The Bertz CT molecular complexity index is 850. The van der Waals surface area contributed by atoms with Crippen molar-refractivity contribution in [1.82, 2.24) is 15.5 Å². The van der Waals surface area contributed by atoms with E-state index in [1.54, 1.807) is 24.3 Å². The SMILES string of the molecule is CN(C(=O)CSc1ccccc1C(=O)OCC(=O)NC(=O)NC1CCCC1)C1CCCCC1. The molecule has 2 saturated carbocycles. The first-order chi connectivity index (χ1) is 15.9. The van der Waals surface area contributed by atoms with E-state index < -0.39 is 24.5 Å². The van der Waals surface area contributed by atoms with Gasteiger partial charge in [-0.05, 0) is 37.8 Å². The van der Waals surface area contributed by atoms with Crippen LogP contribution in [0.3, 0.4) is 0 Å². The van der Waals surface area contributed by atoms with Crippen molar-refractivity contribution in [2.75, 3.05) is 19.4 Å². The first kappa shape index (κ1) is 25.1. The van der Waals surface area contributed by atoms with Crippen LogP contribution in [0.25, 0.3) is 0 Å². The van der Waals surface area contributed by atoms with Gasteiger partial charge in [-0.1, -0.05) is 44.2 Å². The molecule has 1 aromatic rings. The quantitative estimate of drug-likeness (QED) is 0.441. The normalized spacial score (nSPS) is 16.8. The Kier molecular flexibility index (Phi) is 9.60. The molecule has 2 N–H and O–H groups in total. The van der Waals surface area contributed by atoms with Gasteiger partial charge in [0.1, 0.15) is 0 Å². The smallest absolute Gasteiger partial charge is 0.339 e. The molecule has 0 radical (unpaired) electrons. The molecule has 0 aromatic heterocycles. The highest BCUT2D eigenvalue weighted by Crippen LogP contribution is 2.26. The summed E-state index contributed by atoms with van der Waals surface area (Å²) in [6, 6.07) is 6.65. The fourth-order valence-electron chi connectivity index (χ4n) is 4.34. The summed E-state index contributed by atoms with van der Waals surface area (Å²) in [5, 5.41) is 4.94. The molecular weight excluding hydrogens is 442 g/mol. The van der Waals surface area contributed by atoms with E-state index in [9.17, 15) is 19.2 Å². The molecule has 0 saturated heterocycles. The summed E-state index contributed by atoms with van der Waals surface area (Å²) >= 11 is 1.28. The van der Waals surface area contributed by atoms with Gasteiger partial charge >= 0.3 is 12.0 Å². The van der Waals surface area contributed by atoms with Gasteiger partial charge in [0.2, 0.25) is 5.91 Å². The minimum absolute atomic E-state index is 0.0303. The van der Waals surface area contributed by atoms with Gasteiger partial charge in [0, 0.05) is 24.0 Å². The Balaban J connectivity index is 1.46. The maximum atomic E-state index is 12.6. The van der Waals surface area contributed by atoms with Gasteiger partial charge in [0.05, 0.1) is 11.3 Å². The molecule has 180 valence electrons. The minimum Gasteiger partial charge on any atom is -0.452 e. The molecule has 0 bridgehead atoms. The van der Waals surface area contributed by atoms with Gasteiger partial charge in [-0.25, -0.2) is 9.59 Å². The van der Waals surface area contributed by atoms with Crippen LogP contribution in [-0.4, -0.2) is 60.2 Å². The third-order valence-corrected chi connectivity index (χ3v) is 7.31. The first-order valence-corrected chi connectivity index (χ1v) is 12.7. The highest BCUT2D eigenvalue weighted by molar-refractivity contribution is 8.00. The number of carbonyl (C=O) groups excluding carboxylic acids is 4. The van der Waals surface area contributed by atoms with Crippen molar-refractivity contribution >= 4 is 35.6 Å². The van der Waals surface area contributed by atoms with Crippen molar-refractivity contribution in [3.63, 3.8) is 0 Å². The lowest BCUT2D eigenvalue weighted by atomic mass is 9.94. The Morgan fingerprint density at radius 1 is 1.00 bits per heavy atom. The van der Waals surface area contributed by atoms with E-state index in [4.69, 9.17) is 4.74 Å². The average Bonchev–Trinajstić information content (AvgIpc) is 3.34. The Labute approximate surface area is 199 Å². The maximum absolute atomic E-state index is 12.6. The number of urea groups is 1. The average molecular weight is 476 g/mol. The van der Waals surface area contributed by atoms with Gasteiger partial charge in [-0.15, -0.1) is 11.8 Å². The summed E-state index contributed by atoms with van der Waals surface area (Å²) in [5.41, 5.74) is 0.291.